The van der Waals surface area contributed by atoms with Gasteiger partial charge in [0.15, 0.2) is 5.65 Å². The van der Waals surface area contributed by atoms with Gasteiger partial charge < -0.3 is 5.11 Å². The molecule has 0 bridgehead atoms. The third kappa shape index (κ3) is 1.10. The van der Waals surface area contributed by atoms with E-state index in [9.17, 15) is 0 Å². The molecule has 1 fully saturated rings. The van der Waals surface area contributed by atoms with Crippen molar-refractivity contribution in [2.75, 3.05) is 0 Å². The highest BCUT2D eigenvalue weighted by molar-refractivity contribution is 5.72. The lowest BCUT2D eigenvalue weighted by molar-refractivity contribution is 0.291. The zero-order valence-corrected chi connectivity index (χ0v) is 7.33. The first-order valence-electron chi connectivity index (χ1n) is 4.36. The summed E-state index contributed by atoms with van der Waals surface area (Å²) in [6, 6.07) is 0. The Kier molecular flexibility index (Phi) is 1.43. The molecule has 0 spiro atoms. The molecular weight excluding hydrogens is 180 g/mol. The van der Waals surface area contributed by atoms with Crippen LogP contribution in [0.15, 0.2) is 24.4 Å². The predicted molar refractivity (Wildman–Crippen MR) is 50.2 cm³/mol. The van der Waals surface area contributed by atoms with Gasteiger partial charge in [0, 0.05) is 12.6 Å². The highest BCUT2D eigenvalue weighted by Gasteiger charge is 2.26. The Morgan fingerprint density at radius 3 is 3.14 bits per heavy atom. The number of aliphatic hydroxyl groups is 1. The van der Waals surface area contributed by atoms with Crippen LogP contribution in [0.2, 0.25) is 0 Å². The predicted octanol–water partition coefficient (Wildman–Crippen LogP) is 0.432. The second kappa shape index (κ2) is 2.62. The van der Waals surface area contributed by atoms with E-state index < -0.39 is 0 Å². The van der Waals surface area contributed by atoms with Crippen LogP contribution in [0.4, 0.5) is 0 Å². The van der Waals surface area contributed by atoms with Crippen molar-refractivity contribution >= 4 is 17.4 Å². The summed E-state index contributed by atoms with van der Waals surface area (Å²) in [6.45, 7) is 0. The highest BCUT2D eigenvalue weighted by atomic mass is 16.3. The minimum atomic E-state index is -0.269. The fourth-order valence-corrected chi connectivity index (χ4v) is 1.36. The Morgan fingerprint density at radius 1 is 1.50 bits per heavy atom. The van der Waals surface area contributed by atoms with Gasteiger partial charge in [-0.05, 0) is 5.57 Å². The molecule has 2 heterocycles. The molecule has 1 aliphatic rings. The van der Waals surface area contributed by atoms with E-state index >= 15 is 0 Å². The average Bonchev–Trinajstić information content (AvgIpc) is 2.75. The van der Waals surface area contributed by atoms with Crippen molar-refractivity contribution in [1.29, 1.82) is 0 Å². The van der Waals surface area contributed by atoms with E-state index in [0.29, 0.717) is 0 Å². The van der Waals surface area contributed by atoms with Crippen LogP contribution in [0, 0.1) is 0 Å². The van der Waals surface area contributed by atoms with E-state index in [0.717, 1.165) is 23.2 Å². The molecule has 2 aromatic heterocycles. The van der Waals surface area contributed by atoms with Gasteiger partial charge in [0.25, 0.3) is 0 Å². The number of imidazole rings is 1. The molecular formula is C9H8N4O. The van der Waals surface area contributed by atoms with Crippen LogP contribution in [0.5, 0.6) is 0 Å². The summed E-state index contributed by atoms with van der Waals surface area (Å²) < 4.78 is 1.81. The van der Waals surface area contributed by atoms with Crippen LogP contribution < -0.4 is 0 Å². The van der Waals surface area contributed by atoms with E-state index in [1.807, 2.05) is 10.8 Å². The Bertz CT molecular complexity index is 516. The Hall–Kier alpha value is -1.75. The van der Waals surface area contributed by atoms with Crippen molar-refractivity contribution in [3.8, 4) is 0 Å². The first-order valence-corrected chi connectivity index (χ1v) is 4.36. The third-order valence-corrected chi connectivity index (χ3v) is 2.24. The molecule has 5 heteroatoms. The molecule has 0 saturated heterocycles. The fraction of sp³-hybridized carbons (Fsp3) is 0.222. The van der Waals surface area contributed by atoms with Gasteiger partial charge in [0.05, 0.1) is 12.3 Å². The third-order valence-electron chi connectivity index (χ3n) is 2.24. The number of nitrogens with zero attached hydrogens (tertiary/aromatic N) is 4. The average molecular weight is 188 g/mol. The largest absolute Gasteiger partial charge is 0.388 e. The summed E-state index contributed by atoms with van der Waals surface area (Å²) >= 11 is 0. The van der Waals surface area contributed by atoms with Crippen LogP contribution in [0.25, 0.3) is 17.4 Å². The lowest BCUT2D eigenvalue weighted by atomic mass is 10.5. The molecule has 0 amide bonds. The number of rotatable bonds is 1. The molecule has 3 rings (SSSR count). The first-order chi connectivity index (χ1) is 6.84. The number of hydrogen-bond donors (Lipinski definition) is 1. The molecule has 0 radical (unpaired) electrons. The van der Waals surface area contributed by atoms with E-state index in [2.05, 4.69) is 15.0 Å². The maximum absolute atomic E-state index is 9.16. The minimum Gasteiger partial charge on any atom is -0.388 e. The number of hydrogen-bond acceptors (Lipinski definition) is 4. The molecule has 1 atom stereocenters. The number of aliphatic hydroxyl groups excluding tert-OH is 1. The monoisotopic (exact) mass is 188 g/mol. The quantitative estimate of drug-likeness (QED) is 0.705. The maximum Gasteiger partial charge on any atom is 0.167 e. The summed E-state index contributed by atoms with van der Waals surface area (Å²) in [7, 11) is 0. The standard InChI is InChI=1S/C9H8N4O/c14-8-1-6(8)3-13-5-12-7-2-10-4-11-9(7)13/h2-5,8,14H,1H2. The Balaban J connectivity index is 2.13. The number of fused-ring (bicyclic) bond motifs is 1. The van der Waals surface area contributed by atoms with Crippen molar-refractivity contribution in [2.45, 2.75) is 12.5 Å². The van der Waals surface area contributed by atoms with Gasteiger partial charge >= 0.3 is 0 Å². The lowest BCUT2D eigenvalue weighted by Crippen LogP contribution is -1.87. The van der Waals surface area contributed by atoms with Crippen LogP contribution in [-0.4, -0.2) is 30.7 Å². The van der Waals surface area contributed by atoms with Crippen LogP contribution >= 0.6 is 0 Å². The molecule has 5 nitrogen and oxygen atoms in total. The molecule has 1 N–H and O–H groups in total. The van der Waals surface area contributed by atoms with E-state index in [1.54, 1.807) is 12.5 Å². The summed E-state index contributed by atoms with van der Waals surface area (Å²) in [5.41, 5.74) is 2.55. The molecule has 1 saturated carbocycles. The molecule has 0 aliphatic heterocycles. The molecule has 1 unspecified atom stereocenters. The zero-order chi connectivity index (χ0) is 9.54. The molecule has 0 aromatic carbocycles. The molecule has 70 valence electrons. The van der Waals surface area contributed by atoms with Gasteiger partial charge in [0.1, 0.15) is 18.2 Å². The van der Waals surface area contributed by atoms with Crippen molar-refractivity contribution in [3.63, 3.8) is 0 Å². The summed E-state index contributed by atoms with van der Waals surface area (Å²) in [6.07, 6.45) is 7.19. The summed E-state index contributed by atoms with van der Waals surface area (Å²) in [5.74, 6) is 0. The molecule has 2 aromatic rings. The summed E-state index contributed by atoms with van der Waals surface area (Å²) in [4.78, 5) is 12.1. The minimum absolute atomic E-state index is 0.269. The molecule has 1 aliphatic carbocycles. The van der Waals surface area contributed by atoms with Crippen molar-refractivity contribution in [1.82, 2.24) is 19.5 Å². The van der Waals surface area contributed by atoms with Gasteiger partial charge in [0.2, 0.25) is 0 Å². The Labute approximate surface area is 79.7 Å². The van der Waals surface area contributed by atoms with E-state index in [1.165, 1.54) is 6.33 Å². The molecule has 14 heavy (non-hydrogen) atoms. The van der Waals surface area contributed by atoms with Crippen LogP contribution in [0.3, 0.4) is 0 Å². The van der Waals surface area contributed by atoms with Gasteiger partial charge in [-0.2, -0.15) is 0 Å². The Morgan fingerprint density at radius 2 is 2.36 bits per heavy atom. The van der Waals surface area contributed by atoms with Gasteiger partial charge in [-0.1, -0.05) is 0 Å². The van der Waals surface area contributed by atoms with Crippen molar-refractivity contribution < 1.29 is 5.11 Å². The summed E-state index contributed by atoms with van der Waals surface area (Å²) in [5, 5.41) is 9.16. The first kappa shape index (κ1) is 7.64. The van der Waals surface area contributed by atoms with Crippen LogP contribution in [0.1, 0.15) is 6.42 Å². The number of aromatic nitrogens is 4. The second-order valence-corrected chi connectivity index (χ2v) is 3.31. The SMILES string of the molecule is OC1CC1=Cn1cnc2cncnc21. The van der Waals surface area contributed by atoms with Gasteiger partial charge in [-0.15, -0.1) is 0 Å². The lowest BCUT2D eigenvalue weighted by Gasteiger charge is -1.92. The topological polar surface area (TPSA) is 63.8 Å². The zero-order valence-electron chi connectivity index (χ0n) is 7.33. The highest BCUT2D eigenvalue weighted by Crippen LogP contribution is 2.29. The van der Waals surface area contributed by atoms with Crippen molar-refractivity contribution in [3.05, 3.63) is 24.4 Å². The maximum atomic E-state index is 9.16. The van der Waals surface area contributed by atoms with Crippen molar-refractivity contribution in [2.24, 2.45) is 0 Å². The smallest absolute Gasteiger partial charge is 0.167 e. The normalized spacial score (nSPS) is 23.2. The van der Waals surface area contributed by atoms with E-state index in [-0.39, 0.29) is 6.10 Å². The fourth-order valence-electron chi connectivity index (χ4n) is 1.36. The van der Waals surface area contributed by atoms with Gasteiger partial charge in [-0.25, -0.2) is 15.0 Å². The second-order valence-electron chi connectivity index (χ2n) is 3.31. The van der Waals surface area contributed by atoms with Crippen LogP contribution in [-0.2, 0) is 0 Å². The van der Waals surface area contributed by atoms with Gasteiger partial charge in [-0.3, -0.25) is 4.57 Å². The van der Waals surface area contributed by atoms with E-state index in [4.69, 9.17) is 5.11 Å².